The number of rotatable bonds is 7. The Hall–Kier alpha value is -0.490. The quantitative estimate of drug-likeness (QED) is 0.782. The summed E-state index contributed by atoms with van der Waals surface area (Å²) >= 11 is 1.72. The van der Waals surface area contributed by atoms with Crippen molar-refractivity contribution >= 4 is 11.3 Å². The lowest BCUT2D eigenvalue weighted by Gasteiger charge is -2.35. The maximum absolute atomic E-state index is 6.04. The van der Waals surface area contributed by atoms with E-state index in [0.29, 0.717) is 0 Å². The Morgan fingerprint density at radius 3 is 2.89 bits per heavy atom. The fourth-order valence-electron chi connectivity index (χ4n) is 2.39. The minimum atomic E-state index is -0.208. The van der Waals surface area contributed by atoms with Crippen LogP contribution in [-0.2, 0) is 21.6 Å². The third-order valence-electron chi connectivity index (χ3n) is 3.40. The Balaban J connectivity index is 2.04. The predicted molar refractivity (Wildman–Crippen MR) is 77.5 cm³/mol. The van der Waals surface area contributed by atoms with Crippen LogP contribution in [0.1, 0.15) is 43.8 Å². The molecule has 0 bridgehead atoms. The van der Waals surface area contributed by atoms with Gasteiger partial charge in [0.15, 0.2) is 0 Å². The van der Waals surface area contributed by atoms with Crippen molar-refractivity contribution in [1.82, 2.24) is 10.3 Å². The van der Waals surface area contributed by atoms with E-state index in [1.807, 2.05) is 0 Å². The maximum atomic E-state index is 6.04. The number of nitrogens with zero attached hydrogens (tertiary/aromatic N) is 1. The molecule has 0 aromatic carbocycles. The highest BCUT2D eigenvalue weighted by molar-refractivity contribution is 7.09. The first kappa shape index (κ1) is 14.9. The molecule has 5 heteroatoms. The van der Waals surface area contributed by atoms with Crippen LogP contribution in [0.5, 0.6) is 0 Å². The van der Waals surface area contributed by atoms with Gasteiger partial charge in [0.25, 0.3) is 0 Å². The van der Waals surface area contributed by atoms with Gasteiger partial charge >= 0.3 is 0 Å². The van der Waals surface area contributed by atoms with Gasteiger partial charge in [-0.25, -0.2) is 4.98 Å². The number of ether oxygens (including phenoxy) is 2. The second kappa shape index (κ2) is 7.33. The van der Waals surface area contributed by atoms with E-state index < -0.39 is 0 Å². The van der Waals surface area contributed by atoms with Crippen LogP contribution in [0.4, 0.5) is 0 Å². The van der Waals surface area contributed by atoms with Gasteiger partial charge in [-0.1, -0.05) is 6.92 Å². The monoisotopic (exact) mass is 284 g/mol. The molecule has 2 rings (SSSR count). The number of aromatic nitrogens is 1. The first-order valence-corrected chi connectivity index (χ1v) is 8.06. The van der Waals surface area contributed by atoms with Gasteiger partial charge in [-0.15, -0.1) is 11.3 Å². The van der Waals surface area contributed by atoms with E-state index in [1.54, 1.807) is 11.3 Å². The summed E-state index contributed by atoms with van der Waals surface area (Å²) < 4.78 is 11.5. The Morgan fingerprint density at radius 2 is 2.21 bits per heavy atom. The van der Waals surface area contributed by atoms with E-state index in [9.17, 15) is 0 Å². The fourth-order valence-corrected chi connectivity index (χ4v) is 3.42. The molecule has 0 spiro atoms. The Kier molecular flexibility index (Phi) is 5.76. The van der Waals surface area contributed by atoms with Crippen LogP contribution in [0.25, 0.3) is 0 Å². The minimum Gasteiger partial charge on any atom is -0.381 e. The summed E-state index contributed by atoms with van der Waals surface area (Å²) in [6.45, 7) is 8.37. The molecule has 0 amide bonds. The van der Waals surface area contributed by atoms with Crippen LogP contribution in [0.3, 0.4) is 0 Å². The summed E-state index contributed by atoms with van der Waals surface area (Å²) in [5.41, 5.74) is 0.916. The molecule has 19 heavy (non-hydrogen) atoms. The topological polar surface area (TPSA) is 43.4 Å². The standard InChI is InChI=1S/C14H24N2O2S/c1-3-7-15-10-12-11-19-13(16-12)14(18-4-2)5-8-17-9-6-14/h11,15H,3-10H2,1-2H3. The zero-order chi connectivity index (χ0) is 13.6. The predicted octanol–water partition coefficient (Wildman–Crippen LogP) is 2.68. The first-order chi connectivity index (χ1) is 9.30. The zero-order valence-electron chi connectivity index (χ0n) is 11.9. The summed E-state index contributed by atoms with van der Waals surface area (Å²) in [4.78, 5) is 4.77. The van der Waals surface area contributed by atoms with Gasteiger partial charge in [0, 0.05) is 44.6 Å². The molecule has 0 aliphatic carbocycles. The largest absolute Gasteiger partial charge is 0.381 e. The maximum Gasteiger partial charge on any atom is 0.125 e. The second-order valence-electron chi connectivity index (χ2n) is 4.86. The zero-order valence-corrected chi connectivity index (χ0v) is 12.7. The second-order valence-corrected chi connectivity index (χ2v) is 5.72. The van der Waals surface area contributed by atoms with Crippen LogP contribution >= 0.6 is 11.3 Å². The minimum absolute atomic E-state index is 0.208. The van der Waals surface area contributed by atoms with Gasteiger partial charge in [-0.3, -0.25) is 0 Å². The van der Waals surface area contributed by atoms with Crippen molar-refractivity contribution in [2.75, 3.05) is 26.4 Å². The molecule has 2 heterocycles. The van der Waals surface area contributed by atoms with E-state index in [4.69, 9.17) is 14.5 Å². The van der Waals surface area contributed by atoms with E-state index in [2.05, 4.69) is 24.5 Å². The third-order valence-corrected chi connectivity index (χ3v) is 4.47. The van der Waals surface area contributed by atoms with Crippen LogP contribution < -0.4 is 5.32 Å². The van der Waals surface area contributed by atoms with E-state index >= 15 is 0 Å². The summed E-state index contributed by atoms with van der Waals surface area (Å²) in [5.74, 6) is 0. The van der Waals surface area contributed by atoms with E-state index in [0.717, 1.165) is 62.9 Å². The average molecular weight is 284 g/mol. The van der Waals surface area contributed by atoms with Crippen LogP contribution in [-0.4, -0.2) is 31.3 Å². The van der Waals surface area contributed by atoms with Crippen LogP contribution in [0.15, 0.2) is 5.38 Å². The normalized spacial score (nSPS) is 18.6. The lowest BCUT2D eigenvalue weighted by atomic mass is 9.95. The van der Waals surface area contributed by atoms with E-state index in [-0.39, 0.29) is 5.60 Å². The SMILES string of the molecule is CCCNCc1csc(C2(OCC)CCOCC2)n1. The van der Waals surface area contributed by atoms with Gasteiger partial charge in [0.2, 0.25) is 0 Å². The molecule has 0 saturated carbocycles. The molecule has 1 aliphatic heterocycles. The molecule has 1 saturated heterocycles. The summed E-state index contributed by atoms with van der Waals surface area (Å²) in [6.07, 6.45) is 2.98. The molecule has 0 atom stereocenters. The highest BCUT2D eigenvalue weighted by Gasteiger charge is 2.37. The van der Waals surface area contributed by atoms with E-state index in [1.165, 1.54) is 0 Å². The average Bonchev–Trinajstić information content (AvgIpc) is 2.90. The Labute approximate surface area is 119 Å². The molecule has 1 aromatic heterocycles. The highest BCUT2D eigenvalue weighted by atomic mass is 32.1. The van der Waals surface area contributed by atoms with Gasteiger partial charge in [0.05, 0.1) is 5.69 Å². The Morgan fingerprint density at radius 1 is 1.42 bits per heavy atom. The van der Waals surface area contributed by atoms with Crippen molar-refractivity contribution in [1.29, 1.82) is 0 Å². The van der Waals surface area contributed by atoms with Crippen molar-refractivity contribution in [2.24, 2.45) is 0 Å². The fraction of sp³-hybridized carbons (Fsp3) is 0.786. The molecule has 1 N–H and O–H groups in total. The van der Waals surface area contributed by atoms with Crippen molar-refractivity contribution in [3.05, 3.63) is 16.1 Å². The number of hydrogen-bond acceptors (Lipinski definition) is 5. The number of nitrogens with one attached hydrogen (secondary N) is 1. The van der Waals surface area contributed by atoms with Crippen molar-refractivity contribution in [3.63, 3.8) is 0 Å². The van der Waals surface area contributed by atoms with Crippen LogP contribution in [0.2, 0.25) is 0 Å². The molecular weight excluding hydrogens is 260 g/mol. The summed E-state index contributed by atoms with van der Waals surface area (Å²) in [6, 6.07) is 0. The molecular formula is C14H24N2O2S. The van der Waals surface area contributed by atoms with Crippen molar-refractivity contribution in [2.45, 2.75) is 45.3 Å². The lowest BCUT2D eigenvalue weighted by molar-refractivity contribution is -0.112. The smallest absolute Gasteiger partial charge is 0.125 e. The molecule has 108 valence electrons. The molecule has 0 radical (unpaired) electrons. The number of hydrogen-bond donors (Lipinski definition) is 1. The number of thiazole rings is 1. The van der Waals surface area contributed by atoms with Gasteiger partial charge < -0.3 is 14.8 Å². The summed E-state index contributed by atoms with van der Waals surface area (Å²) in [7, 11) is 0. The van der Waals surface area contributed by atoms with Gasteiger partial charge in [-0.2, -0.15) is 0 Å². The summed E-state index contributed by atoms with van der Waals surface area (Å²) in [5, 5.41) is 6.65. The Bertz CT molecular complexity index is 370. The van der Waals surface area contributed by atoms with Gasteiger partial charge in [0.1, 0.15) is 10.6 Å². The molecule has 1 aliphatic rings. The van der Waals surface area contributed by atoms with Gasteiger partial charge in [-0.05, 0) is 19.9 Å². The third kappa shape index (κ3) is 3.75. The molecule has 1 fully saturated rings. The molecule has 0 unspecified atom stereocenters. The van der Waals surface area contributed by atoms with Crippen molar-refractivity contribution in [3.8, 4) is 0 Å². The molecule has 4 nitrogen and oxygen atoms in total. The highest BCUT2D eigenvalue weighted by Crippen LogP contribution is 2.37. The molecule has 1 aromatic rings. The lowest BCUT2D eigenvalue weighted by Crippen LogP contribution is -2.36. The first-order valence-electron chi connectivity index (χ1n) is 7.18. The van der Waals surface area contributed by atoms with Crippen LogP contribution in [0, 0.1) is 0 Å². The van der Waals surface area contributed by atoms with Crippen molar-refractivity contribution < 1.29 is 9.47 Å².